The number of nitrogens with zero attached hydrogens (tertiary/aromatic N) is 3. The summed E-state index contributed by atoms with van der Waals surface area (Å²) in [6.45, 7) is 9.12. The largest absolute Gasteiger partial charge is 0.338 e. The molecule has 0 unspecified atom stereocenters. The molecule has 196 valence electrons. The second-order valence-corrected chi connectivity index (χ2v) is 10.1. The highest BCUT2D eigenvalue weighted by Gasteiger charge is 2.15. The first-order valence-electron chi connectivity index (χ1n) is 13.2. The molecule has 1 aromatic carbocycles. The molecule has 1 aliphatic heterocycles. The third-order valence-corrected chi connectivity index (χ3v) is 7.04. The molecule has 0 atom stereocenters. The summed E-state index contributed by atoms with van der Waals surface area (Å²) in [6.07, 6.45) is 10.9. The van der Waals surface area contributed by atoms with Crippen LogP contribution in [0.1, 0.15) is 25.3 Å². The quantitative estimate of drug-likeness (QED) is 0.330. The van der Waals surface area contributed by atoms with Gasteiger partial charge in [-0.2, -0.15) is 5.10 Å². The van der Waals surface area contributed by atoms with Gasteiger partial charge in [0.1, 0.15) is 17.2 Å². The molecular formula is C31H35FN6. The van der Waals surface area contributed by atoms with E-state index in [1.54, 1.807) is 18.3 Å². The average molecular weight is 511 g/mol. The molecule has 3 aromatic heterocycles. The first-order chi connectivity index (χ1) is 18.4. The van der Waals surface area contributed by atoms with E-state index in [1.165, 1.54) is 5.57 Å². The van der Waals surface area contributed by atoms with Crippen LogP contribution in [0.3, 0.4) is 0 Å². The first kappa shape index (κ1) is 25.8. The minimum absolute atomic E-state index is 0.221. The van der Waals surface area contributed by atoms with E-state index in [1.807, 2.05) is 19.1 Å². The Morgan fingerprint density at radius 2 is 2.08 bits per heavy atom. The number of fused-ring (bicyclic) bond motifs is 1. The fourth-order valence-electron chi connectivity index (χ4n) is 5.07. The Hall–Kier alpha value is -3.81. The predicted octanol–water partition coefficient (Wildman–Crippen LogP) is 4.31. The van der Waals surface area contributed by atoms with Gasteiger partial charge in [-0.1, -0.05) is 24.8 Å². The summed E-state index contributed by atoms with van der Waals surface area (Å²) < 4.78 is 14.7. The highest BCUT2D eigenvalue weighted by Crippen LogP contribution is 2.31. The molecular weight excluding hydrogens is 475 g/mol. The lowest BCUT2D eigenvalue weighted by Gasteiger charge is -2.13. The van der Waals surface area contributed by atoms with Gasteiger partial charge in [-0.15, -0.1) is 0 Å². The molecule has 0 radical (unpaired) electrons. The molecule has 4 heterocycles. The maximum absolute atomic E-state index is 14.7. The molecule has 3 N–H and O–H groups in total. The minimum Gasteiger partial charge on any atom is -0.338 e. The standard InChI is InChI=1S/C31H35FN6/c1-5-28-27(15-20(2)22-8-11-33-12-9-22)30(37-36-28)29-19-26-25(10-13-34-31(26)35-29)23-16-21(17-24(32)18-23)7-6-14-38(3)4/h5,8,10,13,15-19,33,36H,2,6-7,9,11-12,14H2,1,3-4H3,(H,34,35)/b27-15+,28-5+. The van der Waals surface area contributed by atoms with Crippen molar-refractivity contribution in [3.8, 4) is 22.5 Å². The van der Waals surface area contributed by atoms with E-state index < -0.39 is 0 Å². The number of aromatic nitrogens is 4. The van der Waals surface area contributed by atoms with Gasteiger partial charge in [-0.3, -0.25) is 5.10 Å². The van der Waals surface area contributed by atoms with Gasteiger partial charge >= 0.3 is 0 Å². The number of hydrogen-bond donors (Lipinski definition) is 3. The van der Waals surface area contributed by atoms with Crippen LogP contribution in [0.25, 0.3) is 45.7 Å². The summed E-state index contributed by atoms with van der Waals surface area (Å²) in [5, 5.41) is 14.0. The van der Waals surface area contributed by atoms with E-state index >= 15 is 0 Å². The lowest BCUT2D eigenvalue weighted by molar-refractivity contribution is 0.400. The lowest BCUT2D eigenvalue weighted by atomic mass is 9.99. The van der Waals surface area contributed by atoms with E-state index in [0.717, 1.165) is 94.1 Å². The Kier molecular flexibility index (Phi) is 7.67. The summed E-state index contributed by atoms with van der Waals surface area (Å²) in [6, 6.07) is 9.35. The number of nitrogens with one attached hydrogen (secondary N) is 3. The van der Waals surface area contributed by atoms with Crippen LogP contribution in [-0.2, 0) is 6.42 Å². The highest BCUT2D eigenvalue weighted by molar-refractivity contribution is 5.96. The molecule has 0 saturated heterocycles. The van der Waals surface area contributed by atoms with Gasteiger partial charge in [0.05, 0.1) is 11.0 Å². The van der Waals surface area contributed by atoms with Gasteiger partial charge in [0.15, 0.2) is 0 Å². The lowest BCUT2D eigenvalue weighted by Crippen LogP contribution is -2.25. The second-order valence-electron chi connectivity index (χ2n) is 10.1. The van der Waals surface area contributed by atoms with Crippen LogP contribution in [0.5, 0.6) is 0 Å². The SMILES string of the molecule is C=C(/C=c1/c(-c2cc3c(-c4cc(F)cc(CCCN(C)C)c4)ccnc3[nH]2)n[nH]/c1=C/C)C1=CCNCC1. The van der Waals surface area contributed by atoms with Crippen LogP contribution in [0.15, 0.2) is 60.3 Å². The summed E-state index contributed by atoms with van der Waals surface area (Å²) >= 11 is 0. The van der Waals surface area contributed by atoms with Crippen LogP contribution >= 0.6 is 0 Å². The number of aryl methyl sites for hydroxylation is 1. The monoisotopic (exact) mass is 510 g/mol. The number of pyridine rings is 1. The van der Waals surface area contributed by atoms with Crippen molar-refractivity contribution in [1.82, 2.24) is 30.4 Å². The van der Waals surface area contributed by atoms with Gasteiger partial charge in [0.25, 0.3) is 0 Å². The Morgan fingerprint density at radius 1 is 1.21 bits per heavy atom. The molecule has 0 aliphatic carbocycles. The first-order valence-corrected chi connectivity index (χ1v) is 13.2. The fraction of sp³-hybridized carbons (Fsp3) is 0.290. The van der Waals surface area contributed by atoms with Crippen molar-refractivity contribution in [2.45, 2.75) is 26.2 Å². The molecule has 0 amide bonds. The Balaban J connectivity index is 1.56. The number of rotatable bonds is 8. The molecule has 0 spiro atoms. The van der Waals surface area contributed by atoms with Gasteiger partial charge in [0.2, 0.25) is 0 Å². The van der Waals surface area contributed by atoms with Crippen LogP contribution in [0, 0.1) is 5.82 Å². The normalized spacial score (nSPS) is 15.0. The minimum atomic E-state index is -0.221. The smallest absolute Gasteiger partial charge is 0.138 e. The molecule has 6 nitrogen and oxygen atoms in total. The molecule has 4 aromatic rings. The van der Waals surface area contributed by atoms with Crippen molar-refractivity contribution in [1.29, 1.82) is 0 Å². The maximum atomic E-state index is 14.7. The Morgan fingerprint density at radius 3 is 2.84 bits per heavy atom. The molecule has 5 rings (SSSR count). The van der Waals surface area contributed by atoms with E-state index in [2.05, 4.69) is 75.3 Å². The van der Waals surface area contributed by atoms with Crippen LogP contribution in [0.4, 0.5) is 4.39 Å². The number of benzene rings is 1. The van der Waals surface area contributed by atoms with Gasteiger partial charge in [0, 0.05) is 23.3 Å². The van der Waals surface area contributed by atoms with Crippen molar-refractivity contribution in [2.24, 2.45) is 0 Å². The topological polar surface area (TPSA) is 72.6 Å². The second kappa shape index (κ2) is 11.3. The molecule has 0 saturated carbocycles. The van der Waals surface area contributed by atoms with Crippen molar-refractivity contribution in [2.75, 3.05) is 33.7 Å². The van der Waals surface area contributed by atoms with Crippen LogP contribution < -0.4 is 15.9 Å². The molecule has 0 fully saturated rings. The predicted molar refractivity (Wildman–Crippen MR) is 155 cm³/mol. The van der Waals surface area contributed by atoms with Crippen LogP contribution in [-0.4, -0.2) is 58.8 Å². The van der Waals surface area contributed by atoms with E-state index in [9.17, 15) is 4.39 Å². The zero-order chi connectivity index (χ0) is 26.6. The van der Waals surface area contributed by atoms with Gasteiger partial charge in [-0.25, -0.2) is 9.37 Å². The molecule has 7 heteroatoms. The third-order valence-electron chi connectivity index (χ3n) is 7.04. The van der Waals surface area contributed by atoms with Crippen molar-refractivity contribution >= 4 is 23.2 Å². The summed E-state index contributed by atoms with van der Waals surface area (Å²) in [4.78, 5) is 10.2. The average Bonchev–Trinajstić information content (AvgIpc) is 3.52. The number of halogens is 1. The van der Waals surface area contributed by atoms with Gasteiger partial charge < -0.3 is 15.2 Å². The number of hydrogen-bond acceptors (Lipinski definition) is 4. The zero-order valence-electron chi connectivity index (χ0n) is 22.4. The molecule has 1 aliphatic rings. The van der Waals surface area contributed by atoms with Crippen molar-refractivity contribution < 1.29 is 4.39 Å². The van der Waals surface area contributed by atoms with E-state index in [-0.39, 0.29) is 5.82 Å². The Labute approximate surface area is 222 Å². The summed E-state index contributed by atoms with van der Waals surface area (Å²) in [7, 11) is 4.11. The van der Waals surface area contributed by atoms with Crippen LogP contribution in [0.2, 0.25) is 0 Å². The summed E-state index contributed by atoms with van der Waals surface area (Å²) in [5.41, 5.74) is 7.45. The zero-order valence-corrected chi connectivity index (χ0v) is 22.4. The fourth-order valence-corrected chi connectivity index (χ4v) is 5.07. The van der Waals surface area contributed by atoms with Gasteiger partial charge in [-0.05, 0) is 112 Å². The third kappa shape index (κ3) is 5.54. The van der Waals surface area contributed by atoms with Crippen molar-refractivity contribution in [3.63, 3.8) is 0 Å². The number of allylic oxidation sites excluding steroid dienone is 1. The number of aromatic amines is 2. The maximum Gasteiger partial charge on any atom is 0.138 e. The highest BCUT2D eigenvalue weighted by atomic mass is 19.1. The van der Waals surface area contributed by atoms with Crippen molar-refractivity contribution in [3.05, 3.63) is 82.3 Å². The van der Waals surface area contributed by atoms with E-state index in [4.69, 9.17) is 0 Å². The number of H-pyrrole nitrogens is 2. The molecule has 38 heavy (non-hydrogen) atoms. The Bertz CT molecular complexity index is 1620. The summed E-state index contributed by atoms with van der Waals surface area (Å²) in [5.74, 6) is -0.221. The molecule has 0 bridgehead atoms. The van der Waals surface area contributed by atoms with E-state index in [0.29, 0.717) is 0 Å².